The molecule has 1 unspecified atom stereocenters. The van der Waals surface area contributed by atoms with Gasteiger partial charge in [-0.25, -0.2) is 9.97 Å². The molecule has 1 aliphatic rings. The SMILES string of the molecule is C#Cc1cc(OCCO)cc(C(Nc2ccc(C(=N)N)cc2)C2=NCC(=O)N(c3ncccn3)N2)c1. The standard InChI is InChI=1S/C25H24N8O3/c1-2-16-12-18(14-20(13-16)36-11-10-34)22(31-19-6-4-17(5-7-19)23(26)27)24-30-15-21(35)33(32-24)25-28-8-3-9-29-25/h1,3-9,12-14,22,31,34H,10-11,15H2,(H3,26,27)(H,30,32). The Morgan fingerprint density at radius 3 is 2.69 bits per heavy atom. The van der Waals surface area contributed by atoms with Crippen molar-refractivity contribution >= 4 is 29.2 Å². The van der Waals surface area contributed by atoms with Crippen LogP contribution in [0.5, 0.6) is 5.75 Å². The number of anilines is 2. The van der Waals surface area contributed by atoms with Crippen molar-refractivity contribution in [3.05, 3.63) is 77.6 Å². The molecule has 1 atom stereocenters. The van der Waals surface area contributed by atoms with Gasteiger partial charge in [-0.15, -0.1) is 6.42 Å². The number of nitrogens with two attached hydrogens (primary N) is 1. The maximum absolute atomic E-state index is 12.6. The molecule has 0 saturated heterocycles. The van der Waals surface area contributed by atoms with Gasteiger partial charge in [0.25, 0.3) is 11.9 Å². The van der Waals surface area contributed by atoms with Crippen LogP contribution in [-0.2, 0) is 4.79 Å². The van der Waals surface area contributed by atoms with Crippen LogP contribution in [0, 0.1) is 17.8 Å². The van der Waals surface area contributed by atoms with E-state index in [0.29, 0.717) is 34.0 Å². The summed E-state index contributed by atoms with van der Waals surface area (Å²) < 4.78 is 5.62. The number of rotatable bonds is 9. The van der Waals surface area contributed by atoms with Gasteiger partial charge in [-0.3, -0.25) is 20.6 Å². The molecule has 11 nitrogen and oxygen atoms in total. The first-order valence-corrected chi connectivity index (χ1v) is 11.0. The van der Waals surface area contributed by atoms with Gasteiger partial charge in [0.2, 0.25) is 0 Å². The quantitative estimate of drug-likeness (QED) is 0.172. The van der Waals surface area contributed by atoms with E-state index in [0.717, 1.165) is 0 Å². The summed E-state index contributed by atoms with van der Waals surface area (Å²) in [5, 5.41) is 21.4. The number of amides is 1. The van der Waals surface area contributed by atoms with E-state index < -0.39 is 6.04 Å². The fourth-order valence-electron chi connectivity index (χ4n) is 3.50. The number of carbonyl (C=O) groups is 1. The van der Waals surface area contributed by atoms with Crippen molar-refractivity contribution < 1.29 is 14.6 Å². The van der Waals surface area contributed by atoms with Crippen molar-refractivity contribution in [1.29, 1.82) is 5.41 Å². The number of hydrazine groups is 1. The number of amidine groups is 2. The number of aromatic nitrogens is 2. The van der Waals surface area contributed by atoms with Crippen LogP contribution >= 0.6 is 0 Å². The molecular weight excluding hydrogens is 460 g/mol. The molecule has 1 aliphatic heterocycles. The van der Waals surface area contributed by atoms with Gasteiger partial charge in [0.1, 0.15) is 36.6 Å². The Balaban J connectivity index is 1.73. The lowest BCUT2D eigenvalue weighted by molar-refractivity contribution is -0.118. The van der Waals surface area contributed by atoms with Gasteiger partial charge in [-0.1, -0.05) is 5.92 Å². The van der Waals surface area contributed by atoms with E-state index in [4.69, 9.17) is 22.3 Å². The second-order valence-electron chi connectivity index (χ2n) is 7.67. The first-order valence-electron chi connectivity index (χ1n) is 11.0. The first kappa shape index (κ1) is 24.2. The highest BCUT2D eigenvalue weighted by molar-refractivity contribution is 6.04. The molecule has 1 amide bonds. The van der Waals surface area contributed by atoms with Gasteiger partial charge in [0.15, 0.2) is 0 Å². The van der Waals surface area contributed by atoms with E-state index in [1.807, 2.05) is 0 Å². The highest BCUT2D eigenvalue weighted by Crippen LogP contribution is 2.27. The molecule has 11 heteroatoms. The van der Waals surface area contributed by atoms with Crippen LogP contribution in [0.4, 0.5) is 11.6 Å². The van der Waals surface area contributed by atoms with Crippen molar-refractivity contribution in [2.45, 2.75) is 6.04 Å². The summed E-state index contributed by atoms with van der Waals surface area (Å²) in [6, 6.07) is 13.3. The predicted octanol–water partition coefficient (Wildman–Crippen LogP) is 1.22. The molecule has 2 heterocycles. The lowest BCUT2D eigenvalue weighted by atomic mass is 10.0. The molecule has 1 aromatic heterocycles. The fraction of sp³-hybridized carbons (Fsp3) is 0.160. The average Bonchev–Trinajstić information content (AvgIpc) is 2.91. The number of nitrogens with zero attached hydrogens (tertiary/aromatic N) is 4. The van der Waals surface area contributed by atoms with Crippen molar-refractivity contribution in [1.82, 2.24) is 15.4 Å². The van der Waals surface area contributed by atoms with Crippen molar-refractivity contribution in [2.24, 2.45) is 10.7 Å². The number of terminal acetylenes is 1. The smallest absolute Gasteiger partial charge is 0.270 e. The van der Waals surface area contributed by atoms with Crippen molar-refractivity contribution in [3.63, 3.8) is 0 Å². The molecule has 4 rings (SSSR count). The Morgan fingerprint density at radius 1 is 1.28 bits per heavy atom. The van der Waals surface area contributed by atoms with Crippen LogP contribution in [0.3, 0.4) is 0 Å². The van der Waals surface area contributed by atoms with Crippen LogP contribution < -0.4 is 26.2 Å². The summed E-state index contributed by atoms with van der Waals surface area (Å²) in [6.45, 7) is -0.169. The third kappa shape index (κ3) is 5.57. The molecule has 182 valence electrons. The Bertz CT molecular complexity index is 1320. The third-order valence-corrected chi connectivity index (χ3v) is 5.18. The molecule has 0 saturated carbocycles. The summed E-state index contributed by atoms with van der Waals surface area (Å²) in [4.78, 5) is 25.4. The molecule has 36 heavy (non-hydrogen) atoms. The number of nitrogens with one attached hydrogen (secondary N) is 3. The molecule has 0 aliphatic carbocycles. The Kier molecular flexibility index (Phi) is 7.38. The minimum atomic E-state index is -0.600. The molecule has 0 spiro atoms. The summed E-state index contributed by atoms with van der Waals surface area (Å²) in [5.74, 6) is 3.33. The Morgan fingerprint density at radius 2 is 2.03 bits per heavy atom. The Labute approximate surface area is 207 Å². The maximum atomic E-state index is 12.6. The fourth-order valence-corrected chi connectivity index (χ4v) is 3.50. The summed E-state index contributed by atoms with van der Waals surface area (Å²) in [6.07, 6.45) is 8.76. The van der Waals surface area contributed by atoms with Gasteiger partial charge >= 0.3 is 0 Å². The molecular formula is C25H24N8O3. The second-order valence-corrected chi connectivity index (χ2v) is 7.67. The number of aliphatic hydroxyl groups excluding tert-OH is 1. The van der Waals surface area contributed by atoms with Gasteiger partial charge in [0, 0.05) is 29.2 Å². The number of aliphatic hydroxyl groups is 1. The zero-order valence-electron chi connectivity index (χ0n) is 19.2. The third-order valence-electron chi connectivity index (χ3n) is 5.18. The number of benzene rings is 2. The zero-order chi connectivity index (χ0) is 25.5. The number of carbonyl (C=O) groups excluding carboxylic acids is 1. The number of ether oxygens (including phenoxy) is 1. The molecule has 2 aromatic carbocycles. The zero-order valence-corrected chi connectivity index (χ0v) is 19.2. The van der Waals surface area contributed by atoms with E-state index in [9.17, 15) is 9.90 Å². The monoisotopic (exact) mass is 484 g/mol. The minimum Gasteiger partial charge on any atom is -0.491 e. The normalized spacial score (nSPS) is 13.7. The lowest BCUT2D eigenvalue weighted by Crippen LogP contribution is -2.54. The molecule has 0 radical (unpaired) electrons. The van der Waals surface area contributed by atoms with E-state index in [1.165, 1.54) is 17.4 Å². The highest BCUT2D eigenvalue weighted by atomic mass is 16.5. The van der Waals surface area contributed by atoms with Crippen molar-refractivity contribution in [2.75, 3.05) is 30.1 Å². The number of aliphatic imine (C=N–C) groups is 1. The number of hydrogen-bond acceptors (Lipinski definition) is 9. The predicted molar refractivity (Wildman–Crippen MR) is 136 cm³/mol. The van der Waals surface area contributed by atoms with Gasteiger partial charge in [0.05, 0.1) is 6.61 Å². The van der Waals surface area contributed by atoms with Crippen LogP contribution in [0.2, 0.25) is 0 Å². The highest BCUT2D eigenvalue weighted by Gasteiger charge is 2.29. The van der Waals surface area contributed by atoms with Crippen LogP contribution in [0.25, 0.3) is 0 Å². The first-order chi connectivity index (χ1) is 17.5. The van der Waals surface area contributed by atoms with Gasteiger partial charge in [-0.05, 0) is 54.1 Å². The minimum absolute atomic E-state index is 0.0409. The maximum Gasteiger partial charge on any atom is 0.270 e. The van der Waals surface area contributed by atoms with Crippen LogP contribution in [-0.4, -0.2) is 52.4 Å². The summed E-state index contributed by atoms with van der Waals surface area (Å²) >= 11 is 0. The van der Waals surface area contributed by atoms with E-state index in [1.54, 1.807) is 48.5 Å². The Hall–Kier alpha value is -4.95. The van der Waals surface area contributed by atoms with E-state index in [2.05, 4.69) is 31.6 Å². The number of nitrogen functional groups attached to an aromatic ring is 1. The van der Waals surface area contributed by atoms with Gasteiger partial charge in [-0.2, -0.15) is 5.01 Å². The topological polar surface area (TPSA) is 162 Å². The summed E-state index contributed by atoms with van der Waals surface area (Å²) in [5.41, 5.74) is 11.2. The van der Waals surface area contributed by atoms with Gasteiger partial charge < -0.3 is 20.9 Å². The number of hydrogen-bond donors (Lipinski definition) is 5. The molecule has 0 fully saturated rings. The second kappa shape index (κ2) is 11.0. The largest absolute Gasteiger partial charge is 0.491 e. The van der Waals surface area contributed by atoms with Crippen LogP contribution in [0.15, 0.2) is 65.9 Å². The van der Waals surface area contributed by atoms with E-state index >= 15 is 0 Å². The molecule has 0 bridgehead atoms. The molecule has 3 aromatic rings. The average molecular weight is 485 g/mol. The van der Waals surface area contributed by atoms with E-state index in [-0.39, 0.29) is 37.4 Å². The lowest BCUT2D eigenvalue weighted by Gasteiger charge is -2.31. The van der Waals surface area contributed by atoms with Crippen LogP contribution in [0.1, 0.15) is 22.7 Å². The summed E-state index contributed by atoms with van der Waals surface area (Å²) in [7, 11) is 0. The molecule has 6 N–H and O–H groups in total. The van der Waals surface area contributed by atoms with Crippen molar-refractivity contribution in [3.8, 4) is 18.1 Å².